The van der Waals surface area contributed by atoms with Gasteiger partial charge in [0.25, 0.3) is 0 Å². The fraction of sp³-hybridized carbons (Fsp3) is 0.810. The lowest BCUT2D eigenvalue weighted by atomic mass is 9.43. The minimum absolute atomic E-state index is 0.0318. The topological polar surface area (TPSA) is 88.5 Å². The second-order valence-corrected chi connectivity index (χ2v) is 9.62. The van der Waals surface area contributed by atoms with E-state index in [1.807, 2.05) is 0 Å². The summed E-state index contributed by atoms with van der Waals surface area (Å²) in [4.78, 5) is 50.3. The first-order chi connectivity index (χ1) is 12.1. The van der Waals surface area contributed by atoms with E-state index in [0.717, 1.165) is 12.8 Å². The van der Waals surface area contributed by atoms with Crippen LogP contribution in [0.3, 0.4) is 0 Å². The summed E-state index contributed by atoms with van der Waals surface area (Å²) in [6.07, 6.45) is 3.51. The molecule has 4 aliphatic rings. The Kier molecular flexibility index (Phi) is 3.70. The molecule has 5 heteroatoms. The third kappa shape index (κ3) is 1.90. The Balaban J connectivity index is 1.80. The summed E-state index contributed by atoms with van der Waals surface area (Å²) >= 11 is 0. The zero-order valence-corrected chi connectivity index (χ0v) is 15.8. The summed E-state index contributed by atoms with van der Waals surface area (Å²) in [5.41, 5.74) is -3.23. The molecule has 142 valence electrons. The molecule has 1 N–H and O–H groups in total. The van der Waals surface area contributed by atoms with Crippen molar-refractivity contribution in [3.05, 3.63) is 0 Å². The van der Waals surface area contributed by atoms with Crippen molar-refractivity contribution in [1.29, 1.82) is 0 Å². The van der Waals surface area contributed by atoms with E-state index in [1.165, 1.54) is 6.92 Å². The SMILES string of the molecule is CC(=O)[C@H]1CC(=O)[C@@]2(O)[C@@H]3CCC4CC(=O)CC[C@]4(C)[C@H]3CC(=O)[C@]12C. The van der Waals surface area contributed by atoms with Gasteiger partial charge in [-0.3, -0.25) is 19.2 Å². The van der Waals surface area contributed by atoms with Crippen LogP contribution in [0.15, 0.2) is 0 Å². The zero-order valence-electron chi connectivity index (χ0n) is 15.8. The molecule has 0 aromatic heterocycles. The standard InChI is InChI=1S/C21H28O5/c1-11(22)15-9-18(25)21(26)14-5-4-12-8-13(23)6-7-19(12,2)16(14)10-17(24)20(15,21)3/h12,14-16,26H,4-10H2,1-3H3/t12?,14-,15-,16+,19+,20+,21+/m1/s1. The fourth-order valence-corrected chi connectivity index (χ4v) is 7.12. The average molecular weight is 360 g/mol. The molecule has 5 nitrogen and oxygen atoms in total. The minimum atomic E-state index is -1.74. The molecule has 4 rings (SSSR count). The molecule has 0 amide bonds. The van der Waals surface area contributed by atoms with E-state index in [0.29, 0.717) is 25.7 Å². The number of hydrogen-bond acceptors (Lipinski definition) is 5. The molecule has 0 aliphatic heterocycles. The maximum Gasteiger partial charge on any atom is 0.166 e. The summed E-state index contributed by atoms with van der Waals surface area (Å²) in [5.74, 6) is -1.26. The van der Waals surface area contributed by atoms with Crippen molar-refractivity contribution in [3.63, 3.8) is 0 Å². The Morgan fingerprint density at radius 1 is 1.00 bits per heavy atom. The van der Waals surface area contributed by atoms with E-state index < -0.39 is 16.9 Å². The van der Waals surface area contributed by atoms with Gasteiger partial charge in [-0.25, -0.2) is 0 Å². The highest BCUT2D eigenvalue weighted by molar-refractivity contribution is 6.07. The first-order valence-corrected chi connectivity index (χ1v) is 9.88. The molecule has 4 aliphatic carbocycles. The second kappa shape index (κ2) is 5.34. The number of aliphatic hydroxyl groups is 1. The number of fused-ring (bicyclic) bond motifs is 5. The third-order valence-corrected chi connectivity index (χ3v) is 8.82. The molecule has 0 saturated heterocycles. The summed E-state index contributed by atoms with van der Waals surface area (Å²) in [6.45, 7) is 5.20. The molecule has 26 heavy (non-hydrogen) atoms. The Bertz CT molecular complexity index is 726. The molecule has 1 unspecified atom stereocenters. The van der Waals surface area contributed by atoms with E-state index in [9.17, 15) is 24.3 Å². The van der Waals surface area contributed by atoms with Gasteiger partial charge in [0, 0.05) is 31.6 Å². The van der Waals surface area contributed by atoms with Gasteiger partial charge in [0.05, 0.1) is 5.41 Å². The smallest absolute Gasteiger partial charge is 0.166 e. The van der Waals surface area contributed by atoms with Crippen molar-refractivity contribution >= 4 is 23.1 Å². The summed E-state index contributed by atoms with van der Waals surface area (Å²) in [7, 11) is 0. The van der Waals surface area contributed by atoms with Crippen LogP contribution in [-0.4, -0.2) is 33.8 Å². The average Bonchev–Trinajstić information content (AvgIpc) is 2.79. The van der Waals surface area contributed by atoms with Gasteiger partial charge in [0.15, 0.2) is 5.78 Å². The Labute approximate surface area is 153 Å². The van der Waals surface area contributed by atoms with Crippen LogP contribution in [0.5, 0.6) is 0 Å². The maximum atomic E-state index is 13.3. The van der Waals surface area contributed by atoms with Crippen LogP contribution in [0, 0.1) is 34.5 Å². The highest BCUT2D eigenvalue weighted by Crippen LogP contribution is 2.66. The Hall–Kier alpha value is -1.36. The predicted molar refractivity (Wildman–Crippen MR) is 93.1 cm³/mol. The number of carbonyl (C=O) groups excluding carboxylic acids is 4. The van der Waals surface area contributed by atoms with Gasteiger partial charge in [-0.2, -0.15) is 0 Å². The molecule has 7 atom stereocenters. The molecular weight excluding hydrogens is 332 g/mol. The van der Waals surface area contributed by atoms with E-state index in [4.69, 9.17) is 0 Å². The molecule has 4 saturated carbocycles. The van der Waals surface area contributed by atoms with Crippen LogP contribution in [0.2, 0.25) is 0 Å². The van der Waals surface area contributed by atoms with E-state index in [-0.39, 0.29) is 52.7 Å². The van der Waals surface area contributed by atoms with Gasteiger partial charge in [-0.1, -0.05) is 6.92 Å². The van der Waals surface area contributed by atoms with Crippen LogP contribution in [0.25, 0.3) is 0 Å². The van der Waals surface area contributed by atoms with Crippen molar-refractivity contribution in [2.24, 2.45) is 34.5 Å². The number of carbonyl (C=O) groups is 4. The molecule has 0 aromatic carbocycles. The first kappa shape index (κ1) is 18.0. The normalized spacial score (nSPS) is 50.8. The van der Waals surface area contributed by atoms with Crippen molar-refractivity contribution in [3.8, 4) is 0 Å². The number of Topliss-reactive ketones (excluding diaryl/α,β-unsaturated/α-hetero) is 4. The van der Waals surface area contributed by atoms with Crippen LogP contribution < -0.4 is 0 Å². The summed E-state index contributed by atoms with van der Waals surface area (Å²) in [5, 5.41) is 11.7. The molecule has 4 fully saturated rings. The van der Waals surface area contributed by atoms with E-state index in [1.54, 1.807) is 6.92 Å². The third-order valence-electron chi connectivity index (χ3n) is 8.82. The number of ketones is 4. The van der Waals surface area contributed by atoms with Gasteiger partial charge in [0.2, 0.25) is 0 Å². The van der Waals surface area contributed by atoms with E-state index >= 15 is 0 Å². The van der Waals surface area contributed by atoms with Crippen molar-refractivity contribution < 1.29 is 24.3 Å². The minimum Gasteiger partial charge on any atom is -0.381 e. The maximum absolute atomic E-state index is 13.3. The predicted octanol–water partition coefficient (Wildman–Crippen LogP) is 2.28. The van der Waals surface area contributed by atoms with Gasteiger partial charge < -0.3 is 5.11 Å². The largest absolute Gasteiger partial charge is 0.381 e. The Morgan fingerprint density at radius 2 is 1.69 bits per heavy atom. The lowest BCUT2D eigenvalue weighted by Gasteiger charge is -2.61. The van der Waals surface area contributed by atoms with Crippen molar-refractivity contribution in [1.82, 2.24) is 0 Å². The quantitative estimate of drug-likeness (QED) is 0.775. The van der Waals surface area contributed by atoms with Crippen LogP contribution in [-0.2, 0) is 19.2 Å². The second-order valence-electron chi connectivity index (χ2n) is 9.62. The molecule has 0 bridgehead atoms. The van der Waals surface area contributed by atoms with Crippen molar-refractivity contribution in [2.75, 3.05) is 0 Å². The molecule has 0 aromatic rings. The summed E-state index contributed by atoms with van der Waals surface area (Å²) < 4.78 is 0. The van der Waals surface area contributed by atoms with Gasteiger partial charge in [-0.15, -0.1) is 0 Å². The van der Waals surface area contributed by atoms with Crippen LogP contribution in [0.1, 0.15) is 65.7 Å². The Morgan fingerprint density at radius 3 is 2.35 bits per heavy atom. The molecular formula is C21H28O5. The van der Waals surface area contributed by atoms with Gasteiger partial charge in [-0.05, 0) is 56.3 Å². The number of rotatable bonds is 1. The van der Waals surface area contributed by atoms with Crippen LogP contribution in [0.4, 0.5) is 0 Å². The highest BCUT2D eigenvalue weighted by atomic mass is 16.3. The highest BCUT2D eigenvalue weighted by Gasteiger charge is 2.74. The lowest BCUT2D eigenvalue weighted by Crippen LogP contribution is -2.68. The molecule has 0 radical (unpaired) electrons. The first-order valence-electron chi connectivity index (χ1n) is 9.88. The zero-order chi connectivity index (χ0) is 19.1. The molecule has 0 spiro atoms. The van der Waals surface area contributed by atoms with Crippen LogP contribution >= 0.6 is 0 Å². The lowest BCUT2D eigenvalue weighted by molar-refractivity contribution is -0.203. The van der Waals surface area contributed by atoms with Gasteiger partial charge >= 0.3 is 0 Å². The molecule has 0 heterocycles. The van der Waals surface area contributed by atoms with E-state index in [2.05, 4.69) is 6.92 Å². The monoisotopic (exact) mass is 360 g/mol. The number of hydrogen-bond donors (Lipinski definition) is 1. The summed E-state index contributed by atoms with van der Waals surface area (Å²) in [6, 6.07) is 0. The fourth-order valence-electron chi connectivity index (χ4n) is 7.12. The van der Waals surface area contributed by atoms with Crippen molar-refractivity contribution in [2.45, 2.75) is 71.3 Å². The van der Waals surface area contributed by atoms with Gasteiger partial charge in [0.1, 0.15) is 23.0 Å².